The molecule has 1 heterocycles. The molecule has 1 saturated heterocycles. The minimum Gasteiger partial charge on any atom is -0.497 e. The third-order valence-corrected chi connectivity index (χ3v) is 4.18. The molecule has 0 aromatic heterocycles. The van der Waals surface area contributed by atoms with Crippen LogP contribution in [0.25, 0.3) is 0 Å². The second-order valence-electron chi connectivity index (χ2n) is 4.32. The Labute approximate surface area is 107 Å². The molecule has 4 heteroatoms. The third-order valence-electron chi connectivity index (χ3n) is 3.23. The molecule has 1 fully saturated rings. The molecule has 0 spiro atoms. The highest BCUT2D eigenvalue weighted by Crippen LogP contribution is 2.25. The van der Waals surface area contributed by atoms with Crippen LogP contribution in [0, 0.1) is 6.92 Å². The lowest BCUT2D eigenvalue weighted by molar-refractivity contribution is 0.222. The van der Waals surface area contributed by atoms with Gasteiger partial charge in [0, 0.05) is 24.6 Å². The van der Waals surface area contributed by atoms with Crippen molar-refractivity contribution in [3.05, 3.63) is 29.3 Å². The van der Waals surface area contributed by atoms with Crippen molar-refractivity contribution in [1.29, 1.82) is 0 Å². The number of thioether (sulfide) groups is 1. The van der Waals surface area contributed by atoms with Crippen molar-refractivity contribution in [2.24, 2.45) is 5.73 Å². The van der Waals surface area contributed by atoms with Gasteiger partial charge in [-0.1, -0.05) is 6.07 Å². The van der Waals surface area contributed by atoms with Crippen LogP contribution in [-0.4, -0.2) is 36.6 Å². The first-order valence-electron chi connectivity index (χ1n) is 5.94. The van der Waals surface area contributed by atoms with Gasteiger partial charge in [0.15, 0.2) is 0 Å². The Morgan fingerprint density at radius 1 is 1.35 bits per heavy atom. The zero-order valence-corrected chi connectivity index (χ0v) is 11.3. The topological polar surface area (TPSA) is 38.5 Å². The molecule has 94 valence electrons. The number of rotatable bonds is 3. The van der Waals surface area contributed by atoms with E-state index in [0.717, 1.165) is 18.8 Å². The van der Waals surface area contributed by atoms with E-state index >= 15 is 0 Å². The molecule has 1 aliphatic rings. The molecule has 0 bridgehead atoms. The number of hydrogen-bond donors (Lipinski definition) is 1. The maximum absolute atomic E-state index is 6.34. The number of aryl methyl sites for hydroxylation is 1. The highest BCUT2D eigenvalue weighted by Gasteiger charge is 2.20. The molecule has 17 heavy (non-hydrogen) atoms. The molecule has 3 nitrogen and oxygen atoms in total. The third kappa shape index (κ3) is 2.94. The highest BCUT2D eigenvalue weighted by molar-refractivity contribution is 7.99. The van der Waals surface area contributed by atoms with Gasteiger partial charge in [-0.2, -0.15) is 11.8 Å². The van der Waals surface area contributed by atoms with E-state index in [2.05, 4.69) is 17.9 Å². The average molecular weight is 252 g/mol. The maximum atomic E-state index is 6.34. The average Bonchev–Trinajstić information content (AvgIpc) is 2.39. The van der Waals surface area contributed by atoms with E-state index in [9.17, 15) is 0 Å². The fourth-order valence-corrected chi connectivity index (χ4v) is 3.09. The lowest BCUT2D eigenvalue weighted by Crippen LogP contribution is -2.40. The van der Waals surface area contributed by atoms with Gasteiger partial charge in [0.05, 0.1) is 13.3 Å². The molecule has 1 aromatic carbocycles. The van der Waals surface area contributed by atoms with Crippen LogP contribution >= 0.6 is 11.8 Å². The van der Waals surface area contributed by atoms with Gasteiger partial charge in [-0.25, -0.2) is 0 Å². The summed E-state index contributed by atoms with van der Waals surface area (Å²) in [5.41, 5.74) is 8.75. The molecule has 0 saturated carbocycles. The van der Waals surface area contributed by atoms with Gasteiger partial charge in [0.25, 0.3) is 0 Å². The van der Waals surface area contributed by atoms with Gasteiger partial charge in [-0.15, -0.1) is 0 Å². The van der Waals surface area contributed by atoms with Crippen molar-refractivity contribution in [3.63, 3.8) is 0 Å². The zero-order chi connectivity index (χ0) is 12.3. The van der Waals surface area contributed by atoms with Crippen LogP contribution in [0.4, 0.5) is 0 Å². The van der Waals surface area contributed by atoms with E-state index in [-0.39, 0.29) is 6.17 Å². The fraction of sp³-hybridized carbons (Fsp3) is 0.538. The van der Waals surface area contributed by atoms with Gasteiger partial charge < -0.3 is 10.5 Å². The Morgan fingerprint density at radius 3 is 2.65 bits per heavy atom. The van der Waals surface area contributed by atoms with E-state index in [4.69, 9.17) is 10.5 Å². The van der Waals surface area contributed by atoms with E-state index in [1.807, 2.05) is 23.9 Å². The summed E-state index contributed by atoms with van der Waals surface area (Å²) in [6.45, 7) is 4.25. The summed E-state index contributed by atoms with van der Waals surface area (Å²) in [4.78, 5) is 2.35. The Balaban J connectivity index is 2.15. The molecule has 0 amide bonds. The van der Waals surface area contributed by atoms with Crippen molar-refractivity contribution in [1.82, 2.24) is 4.90 Å². The van der Waals surface area contributed by atoms with Crippen LogP contribution in [0.1, 0.15) is 17.3 Å². The summed E-state index contributed by atoms with van der Waals surface area (Å²) >= 11 is 2.00. The second-order valence-corrected chi connectivity index (χ2v) is 5.54. The fourth-order valence-electron chi connectivity index (χ4n) is 2.16. The molecule has 0 radical (unpaired) electrons. The zero-order valence-electron chi connectivity index (χ0n) is 10.5. The van der Waals surface area contributed by atoms with E-state index in [1.54, 1.807) is 7.11 Å². The largest absolute Gasteiger partial charge is 0.497 e. The van der Waals surface area contributed by atoms with E-state index in [0.29, 0.717) is 0 Å². The van der Waals surface area contributed by atoms with Crippen molar-refractivity contribution in [3.8, 4) is 5.75 Å². The predicted octanol–water partition coefficient (Wildman–Crippen LogP) is 2.01. The van der Waals surface area contributed by atoms with Crippen LogP contribution in [0.5, 0.6) is 5.75 Å². The second kappa shape index (κ2) is 5.76. The molecule has 1 aliphatic heterocycles. The molecule has 1 atom stereocenters. The number of methoxy groups -OCH3 is 1. The SMILES string of the molecule is COc1ccc(C(N)N2CCSCC2)c(C)c1. The van der Waals surface area contributed by atoms with Crippen molar-refractivity contribution in [2.45, 2.75) is 13.1 Å². The first kappa shape index (κ1) is 12.7. The molecular formula is C13H20N2OS. The summed E-state index contributed by atoms with van der Waals surface area (Å²) < 4.78 is 5.22. The lowest BCUT2D eigenvalue weighted by atomic mass is 10.1. The molecule has 1 unspecified atom stereocenters. The lowest BCUT2D eigenvalue weighted by Gasteiger charge is -2.32. The number of nitrogens with two attached hydrogens (primary N) is 1. The Morgan fingerprint density at radius 2 is 2.06 bits per heavy atom. The van der Waals surface area contributed by atoms with Crippen LogP contribution < -0.4 is 10.5 Å². The van der Waals surface area contributed by atoms with Crippen LogP contribution in [0.15, 0.2) is 18.2 Å². The summed E-state index contributed by atoms with van der Waals surface area (Å²) in [5, 5.41) is 0. The number of ether oxygens (including phenoxy) is 1. The van der Waals surface area contributed by atoms with Gasteiger partial charge in [-0.3, -0.25) is 4.90 Å². The van der Waals surface area contributed by atoms with Crippen LogP contribution in [-0.2, 0) is 0 Å². The Hall–Kier alpha value is -0.710. The smallest absolute Gasteiger partial charge is 0.119 e. The van der Waals surface area contributed by atoms with Gasteiger partial charge >= 0.3 is 0 Å². The highest BCUT2D eigenvalue weighted by atomic mass is 32.2. The summed E-state index contributed by atoms with van der Waals surface area (Å²) in [5.74, 6) is 3.26. The monoisotopic (exact) mass is 252 g/mol. The van der Waals surface area contributed by atoms with Gasteiger partial charge in [0.1, 0.15) is 5.75 Å². The molecule has 2 rings (SSSR count). The van der Waals surface area contributed by atoms with Gasteiger partial charge in [-0.05, 0) is 30.2 Å². The summed E-state index contributed by atoms with van der Waals surface area (Å²) in [6, 6.07) is 6.12. The van der Waals surface area contributed by atoms with Crippen LogP contribution in [0.2, 0.25) is 0 Å². The van der Waals surface area contributed by atoms with Crippen LogP contribution in [0.3, 0.4) is 0 Å². The van der Waals surface area contributed by atoms with E-state index < -0.39 is 0 Å². The van der Waals surface area contributed by atoms with Crippen molar-refractivity contribution >= 4 is 11.8 Å². The van der Waals surface area contributed by atoms with Crippen molar-refractivity contribution < 1.29 is 4.74 Å². The predicted molar refractivity (Wildman–Crippen MR) is 73.6 cm³/mol. The van der Waals surface area contributed by atoms with Crippen molar-refractivity contribution in [2.75, 3.05) is 31.7 Å². The minimum absolute atomic E-state index is 0.0156. The Bertz CT molecular complexity index is 378. The molecule has 2 N–H and O–H groups in total. The molecular weight excluding hydrogens is 232 g/mol. The number of benzene rings is 1. The summed E-state index contributed by atoms with van der Waals surface area (Å²) in [7, 11) is 1.69. The number of hydrogen-bond acceptors (Lipinski definition) is 4. The van der Waals surface area contributed by atoms with E-state index in [1.165, 1.54) is 22.6 Å². The quantitative estimate of drug-likeness (QED) is 0.893. The summed E-state index contributed by atoms with van der Waals surface area (Å²) in [6.07, 6.45) is 0.0156. The molecule has 1 aromatic rings. The standard InChI is InChI=1S/C13H20N2OS/c1-10-9-11(16-2)3-4-12(10)13(14)15-5-7-17-8-6-15/h3-4,9,13H,5-8,14H2,1-2H3. The number of nitrogens with zero attached hydrogens (tertiary/aromatic N) is 1. The first-order valence-corrected chi connectivity index (χ1v) is 7.10. The maximum Gasteiger partial charge on any atom is 0.119 e. The first-order chi connectivity index (χ1) is 8.22. The minimum atomic E-state index is 0.0156. The normalized spacial score (nSPS) is 19.0. The van der Waals surface area contributed by atoms with Gasteiger partial charge in [0.2, 0.25) is 0 Å². The Kier molecular flexibility index (Phi) is 4.31. The molecule has 0 aliphatic carbocycles.